The van der Waals surface area contributed by atoms with Gasteiger partial charge in [0.05, 0.1) is 42.8 Å². The van der Waals surface area contributed by atoms with Crippen molar-refractivity contribution in [2.45, 2.75) is 18.9 Å². The van der Waals surface area contributed by atoms with Crippen molar-refractivity contribution in [3.63, 3.8) is 0 Å². The van der Waals surface area contributed by atoms with E-state index in [0.717, 1.165) is 103 Å². The Hall–Kier alpha value is -3.62. The van der Waals surface area contributed by atoms with Gasteiger partial charge in [0.15, 0.2) is 0 Å². The first-order valence-electron chi connectivity index (χ1n) is 18.0. The fraction of sp³-hybridized carbons (Fsp3) is 0.325. The number of hydrogen-bond donors (Lipinski definition) is 3. The number of esters is 1. The number of fused-ring (bicyclic) bond motifs is 4. The third-order valence-electron chi connectivity index (χ3n) is 10.5. The predicted octanol–water partition coefficient (Wildman–Crippen LogP) is 5.58. The lowest BCUT2D eigenvalue weighted by molar-refractivity contribution is -0.133. The molecule has 14 heteroatoms. The summed E-state index contributed by atoms with van der Waals surface area (Å²) in [6, 6.07) is 19.4. The molecular formula is C40H44BCl3N6O4. The second-order valence-corrected chi connectivity index (χ2v) is 14.5. The molecule has 2 unspecified atom stereocenters. The van der Waals surface area contributed by atoms with Crippen molar-refractivity contribution in [2.75, 3.05) is 66.1 Å². The summed E-state index contributed by atoms with van der Waals surface area (Å²) in [6.07, 6.45) is 7.51. The fourth-order valence-electron chi connectivity index (χ4n) is 7.86. The zero-order chi connectivity index (χ0) is 37.1. The maximum atomic E-state index is 12.5. The zero-order valence-electron chi connectivity index (χ0n) is 30.3. The standard InChI is InChI=1S/C20H23BClN3O2.C20H20ClN3O2.ClH/c1-21(27)25-9-7-24(8-10-25)20-17-5-4-16(22)12-18(17)15(13-26)11-14-3-2-6-23-19(14)20;1-26-20(25)17-11-13-3-2-6-23-18(13)19(24-9-7-22-8-10-24)15-5-4-14(21)12-16(15)17;/h2-6,11-12,20,26-27H,7-10,13H2,1H3;2-6,11-12,19,22H,7-10H2,1H3;1H. The van der Waals surface area contributed by atoms with Crippen LogP contribution in [0.25, 0.3) is 23.3 Å². The van der Waals surface area contributed by atoms with Gasteiger partial charge in [-0.25, -0.2) is 4.79 Å². The summed E-state index contributed by atoms with van der Waals surface area (Å²) >= 11 is 12.5. The molecule has 2 aliphatic carbocycles. The highest BCUT2D eigenvalue weighted by Gasteiger charge is 2.35. The molecule has 0 radical (unpaired) electrons. The van der Waals surface area contributed by atoms with E-state index in [2.05, 4.69) is 31.0 Å². The number of aliphatic hydroxyl groups excluding tert-OH is 1. The number of carbonyl (C=O) groups excluding carboxylic acids is 1. The van der Waals surface area contributed by atoms with Gasteiger partial charge >= 0.3 is 13.0 Å². The van der Waals surface area contributed by atoms with E-state index in [4.69, 9.17) is 32.9 Å². The van der Waals surface area contributed by atoms with Gasteiger partial charge in [0.1, 0.15) is 0 Å². The number of halogens is 3. The first-order chi connectivity index (χ1) is 25.8. The number of aliphatic hydroxyl groups is 1. The predicted molar refractivity (Wildman–Crippen MR) is 219 cm³/mol. The van der Waals surface area contributed by atoms with E-state index in [1.807, 2.05) is 79.8 Å². The van der Waals surface area contributed by atoms with Crippen LogP contribution in [0.1, 0.15) is 56.9 Å². The van der Waals surface area contributed by atoms with Crippen LogP contribution in [0, 0.1) is 0 Å². The summed E-state index contributed by atoms with van der Waals surface area (Å²) in [4.78, 5) is 28.8. The van der Waals surface area contributed by atoms with E-state index >= 15 is 0 Å². The average molecular weight is 790 g/mol. The van der Waals surface area contributed by atoms with Gasteiger partial charge in [-0.3, -0.25) is 19.8 Å². The molecule has 2 aromatic heterocycles. The number of hydrogen-bond acceptors (Lipinski definition) is 10. The number of methoxy groups -OCH3 is 1. The van der Waals surface area contributed by atoms with Crippen molar-refractivity contribution < 1.29 is 19.7 Å². The molecule has 4 aromatic rings. The minimum Gasteiger partial charge on any atom is -0.465 e. The molecular weight excluding hydrogens is 746 g/mol. The molecule has 2 saturated heterocycles. The van der Waals surface area contributed by atoms with Crippen LogP contribution in [0.5, 0.6) is 0 Å². The van der Waals surface area contributed by atoms with E-state index in [-0.39, 0.29) is 37.1 Å². The highest BCUT2D eigenvalue weighted by Crippen LogP contribution is 2.42. The van der Waals surface area contributed by atoms with Gasteiger partial charge in [-0.1, -0.05) is 47.5 Å². The minimum atomic E-state index is -0.430. The maximum Gasteiger partial charge on any atom is 0.376 e. The highest BCUT2D eigenvalue weighted by atomic mass is 35.5. The number of piperazine rings is 2. The Labute approximate surface area is 333 Å². The molecule has 0 bridgehead atoms. The molecule has 4 aliphatic rings. The molecule has 0 amide bonds. The van der Waals surface area contributed by atoms with Crippen molar-refractivity contribution >= 4 is 71.9 Å². The molecule has 0 saturated carbocycles. The van der Waals surface area contributed by atoms with Crippen molar-refractivity contribution in [3.8, 4) is 0 Å². The monoisotopic (exact) mass is 788 g/mol. The lowest BCUT2D eigenvalue weighted by atomic mass is 9.84. The number of carbonyl (C=O) groups is 1. The number of nitrogens with one attached hydrogen (secondary N) is 1. The Kier molecular flexibility index (Phi) is 13.3. The largest absolute Gasteiger partial charge is 0.465 e. The molecule has 2 atom stereocenters. The maximum absolute atomic E-state index is 12.5. The molecule has 3 N–H and O–H groups in total. The molecule has 8 rings (SSSR count). The quantitative estimate of drug-likeness (QED) is 0.175. The second-order valence-electron chi connectivity index (χ2n) is 13.6. The Morgan fingerprint density at radius 1 is 0.833 bits per heavy atom. The van der Waals surface area contributed by atoms with E-state index in [1.165, 1.54) is 7.11 Å². The normalized spacial score (nSPS) is 19.7. The lowest BCUT2D eigenvalue weighted by Gasteiger charge is -2.40. The molecule has 54 heavy (non-hydrogen) atoms. The first-order valence-corrected chi connectivity index (χ1v) is 18.7. The van der Waals surface area contributed by atoms with Gasteiger partial charge in [-0.05, 0) is 94.3 Å². The summed E-state index contributed by atoms with van der Waals surface area (Å²) in [5.74, 6) is -0.371. The number of aromatic nitrogens is 2. The minimum absolute atomic E-state index is 0. The van der Waals surface area contributed by atoms with Gasteiger partial charge in [0.25, 0.3) is 0 Å². The highest BCUT2D eigenvalue weighted by molar-refractivity contribution is 6.45. The van der Waals surface area contributed by atoms with E-state index in [0.29, 0.717) is 15.6 Å². The summed E-state index contributed by atoms with van der Waals surface area (Å²) in [7, 11) is 0.969. The van der Waals surface area contributed by atoms with E-state index in [1.54, 1.807) is 6.20 Å². The SMILES string of the molecule is CB(O)N1CCN(C2c3ccc(Cl)cc3C(CO)=Cc3cccnc32)CC1.COC(=O)C1=Cc2cccnc2C(N2CCNCC2)c2ccc(Cl)cc21.Cl. The lowest BCUT2D eigenvalue weighted by Crippen LogP contribution is -2.52. The summed E-state index contributed by atoms with van der Waals surface area (Å²) in [5, 5.41) is 24.5. The molecule has 2 fully saturated rings. The number of pyridine rings is 2. The first kappa shape index (κ1) is 40.1. The van der Waals surface area contributed by atoms with Gasteiger partial charge in [-0.15, -0.1) is 12.4 Å². The van der Waals surface area contributed by atoms with Crippen LogP contribution in [-0.4, -0.2) is 114 Å². The molecule has 10 nitrogen and oxygen atoms in total. The topological polar surface area (TPSA) is 114 Å². The Balaban J connectivity index is 0.000000181. The van der Waals surface area contributed by atoms with Crippen LogP contribution in [0.4, 0.5) is 0 Å². The summed E-state index contributed by atoms with van der Waals surface area (Å²) < 4.78 is 5.04. The van der Waals surface area contributed by atoms with Crippen LogP contribution in [0.15, 0.2) is 73.1 Å². The molecule has 282 valence electrons. The molecule has 4 heterocycles. The summed E-state index contributed by atoms with van der Waals surface area (Å²) in [5.41, 5.74) is 9.21. The molecule has 2 aliphatic heterocycles. The van der Waals surface area contributed by atoms with Gasteiger partial charge in [-0.2, -0.15) is 0 Å². The zero-order valence-corrected chi connectivity index (χ0v) is 32.6. The third-order valence-corrected chi connectivity index (χ3v) is 11.0. The molecule has 2 aromatic carbocycles. The number of ether oxygens (including phenoxy) is 1. The molecule has 0 spiro atoms. The smallest absolute Gasteiger partial charge is 0.376 e. The Morgan fingerprint density at radius 2 is 1.37 bits per heavy atom. The Bertz CT molecular complexity index is 2030. The fourth-order valence-corrected chi connectivity index (χ4v) is 8.20. The Morgan fingerprint density at radius 3 is 1.93 bits per heavy atom. The van der Waals surface area contributed by atoms with Crippen molar-refractivity contribution in [2.24, 2.45) is 0 Å². The van der Waals surface area contributed by atoms with Crippen molar-refractivity contribution in [1.82, 2.24) is 29.9 Å². The number of benzene rings is 2. The average Bonchev–Trinajstić information content (AvgIpc) is 3.42. The second kappa shape index (κ2) is 17.9. The van der Waals surface area contributed by atoms with Crippen LogP contribution in [0.3, 0.4) is 0 Å². The van der Waals surface area contributed by atoms with Gasteiger partial charge in [0, 0.05) is 74.8 Å². The van der Waals surface area contributed by atoms with Gasteiger partial charge in [0.2, 0.25) is 0 Å². The van der Waals surface area contributed by atoms with Crippen LogP contribution < -0.4 is 5.32 Å². The van der Waals surface area contributed by atoms with E-state index in [9.17, 15) is 14.9 Å². The number of rotatable bonds is 5. The third kappa shape index (κ3) is 8.30. The van der Waals surface area contributed by atoms with Crippen molar-refractivity contribution in [3.05, 3.63) is 128 Å². The summed E-state index contributed by atoms with van der Waals surface area (Å²) in [6.45, 7) is 8.73. The van der Waals surface area contributed by atoms with Crippen molar-refractivity contribution in [1.29, 1.82) is 0 Å². The van der Waals surface area contributed by atoms with Crippen LogP contribution >= 0.6 is 35.6 Å². The van der Waals surface area contributed by atoms with Gasteiger partial charge < -0.3 is 25.0 Å². The van der Waals surface area contributed by atoms with E-state index < -0.39 is 7.05 Å². The van der Waals surface area contributed by atoms with Crippen LogP contribution in [0.2, 0.25) is 16.9 Å². The number of nitrogens with zero attached hydrogens (tertiary/aromatic N) is 5. The van der Waals surface area contributed by atoms with Crippen LogP contribution in [-0.2, 0) is 9.53 Å².